The first-order valence-electron chi connectivity index (χ1n) is 5.29. The highest BCUT2D eigenvalue weighted by Crippen LogP contribution is 2.38. The van der Waals surface area contributed by atoms with Crippen molar-refractivity contribution in [2.24, 2.45) is 0 Å². The summed E-state index contributed by atoms with van der Waals surface area (Å²) in [7, 11) is 0. The molecule has 7 nitrogen and oxygen atoms in total. The van der Waals surface area contributed by atoms with E-state index < -0.39 is 9.85 Å². The smallest absolute Gasteiger partial charge is 0.300 e. The lowest BCUT2D eigenvalue weighted by molar-refractivity contribution is -0.393. The average Bonchev–Trinajstić information content (AvgIpc) is 2.31. The second-order valence-corrected chi connectivity index (χ2v) is 3.89. The molecule has 0 saturated carbocycles. The number of non-ortho nitro benzene ring substituents is 1. The Balaban J connectivity index is 3.50. The molecule has 0 bridgehead atoms. The van der Waals surface area contributed by atoms with Gasteiger partial charge in [0.25, 0.3) is 5.69 Å². The summed E-state index contributed by atoms with van der Waals surface area (Å²) in [5, 5.41) is 21.7. The molecule has 1 aromatic rings. The summed E-state index contributed by atoms with van der Waals surface area (Å²) in [4.78, 5) is 22.0. The van der Waals surface area contributed by atoms with Crippen molar-refractivity contribution < 1.29 is 9.85 Å². The third kappa shape index (κ3) is 2.67. The van der Waals surface area contributed by atoms with Crippen LogP contribution >= 0.6 is 11.6 Å². The Labute approximate surface area is 108 Å². The van der Waals surface area contributed by atoms with E-state index in [0.717, 1.165) is 12.1 Å². The molecular weight excluding hydrogens is 262 g/mol. The molecule has 0 radical (unpaired) electrons. The lowest BCUT2D eigenvalue weighted by atomic mass is 10.2. The van der Waals surface area contributed by atoms with E-state index in [1.165, 1.54) is 0 Å². The number of halogens is 1. The predicted octanol–water partition coefficient (Wildman–Crippen LogP) is 3.00. The van der Waals surface area contributed by atoms with Crippen LogP contribution in [0.4, 0.5) is 17.1 Å². The largest absolute Gasteiger partial charge is 0.365 e. The lowest BCUT2D eigenvalue weighted by Crippen LogP contribution is -2.23. The average molecular weight is 274 g/mol. The van der Waals surface area contributed by atoms with Crippen LogP contribution < -0.4 is 4.90 Å². The number of hydrogen-bond donors (Lipinski definition) is 0. The maximum absolute atomic E-state index is 11.0. The quantitative estimate of drug-likeness (QED) is 0.607. The van der Waals surface area contributed by atoms with Crippen LogP contribution in [0.5, 0.6) is 0 Å². The van der Waals surface area contributed by atoms with Gasteiger partial charge < -0.3 is 4.90 Å². The Bertz CT molecular complexity index is 488. The van der Waals surface area contributed by atoms with Crippen molar-refractivity contribution in [1.29, 1.82) is 0 Å². The van der Waals surface area contributed by atoms with Crippen molar-refractivity contribution in [2.45, 2.75) is 13.8 Å². The van der Waals surface area contributed by atoms with Gasteiger partial charge in [0, 0.05) is 19.2 Å². The summed E-state index contributed by atoms with van der Waals surface area (Å²) < 4.78 is 0. The molecule has 0 aliphatic rings. The zero-order valence-electron chi connectivity index (χ0n) is 9.92. The van der Waals surface area contributed by atoms with E-state index in [1.807, 2.05) is 13.8 Å². The molecule has 0 saturated heterocycles. The molecule has 0 heterocycles. The molecule has 0 aromatic heterocycles. The summed E-state index contributed by atoms with van der Waals surface area (Å²) in [5.41, 5.74) is -0.516. The molecule has 0 amide bonds. The summed E-state index contributed by atoms with van der Waals surface area (Å²) in [5.74, 6) is 0. The van der Waals surface area contributed by atoms with Gasteiger partial charge in [0.15, 0.2) is 0 Å². The molecular formula is C10H12ClN3O4. The van der Waals surface area contributed by atoms with Gasteiger partial charge in [0.1, 0.15) is 5.69 Å². The van der Waals surface area contributed by atoms with Crippen LogP contribution in [0.15, 0.2) is 12.1 Å². The highest BCUT2D eigenvalue weighted by Gasteiger charge is 2.26. The fraction of sp³-hybridized carbons (Fsp3) is 0.400. The number of nitrogens with zero attached hydrogens (tertiary/aromatic N) is 3. The highest BCUT2D eigenvalue weighted by atomic mass is 35.5. The molecule has 0 aliphatic heterocycles. The minimum atomic E-state index is -0.703. The van der Waals surface area contributed by atoms with E-state index in [4.69, 9.17) is 11.6 Å². The molecule has 0 unspecified atom stereocenters. The standard InChI is InChI=1S/C10H12ClN3O4/c1-3-12(4-2)10-8(11)5-7(13(15)16)6-9(10)14(17)18/h5-6H,3-4H2,1-2H3. The van der Waals surface area contributed by atoms with E-state index in [2.05, 4.69) is 0 Å². The molecule has 0 spiro atoms. The number of hydrogen-bond acceptors (Lipinski definition) is 5. The Morgan fingerprint density at radius 3 is 2.11 bits per heavy atom. The van der Waals surface area contributed by atoms with Gasteiger partial charge >= 0.3 is 5.69 Å². The third-order valence-corrected chi connectivity index (χ3v) is 2.80. The first kappa shape index (κ1) is 14.2. The first-order valence-corrected chi connectivity index (χ1v) is 5.67. The van der Waals surface area contributed by atoms with E-state index >= 15 is 0 Å². The summed E-state index contributed by atoms with van der Waals surface area (Å²) >= 11 is 5.92. The minimum absolute atomic E-state index is 0.0135. The Hall–Kier alpha value is -1.89. The summed E-state index contributed by atoms with van der Waals surface area (Å²) in [6.07, 6.45) is 0. The Kier molecular flexibility index (Phi) is 4.43. The molecule has 0 N–H and O–H groups in total. The van der Waals surface area contributed by atoms with Crippen LogP contribution in [0.25, 0.3) is 0 Å². The van der Waals surface area contributed by atoms with Crippen molar-refractivity contribution in [3.8, 4) is 0 Å². The predicted molar refractivity (Wildman–Crippen MR) is 68.3 cm³/mol. The van der Waals surface area contributed by atoms with Crippen LogP contribution in [0.3, 0.4) is 0 Å². The maximum Gasteiger partial charge on any atom is 0.300 e. The van der Waals surface area contributed by atoms with Crippen molar-refractivity contribution in [3.63, 3.8) is 0 Å². The van der Waals surface area contributed by atoms with Gasteiger partial charge in [-0.15, -0.1) is 0 Å². The molecule has 0 aliphatic carbocycles. The second kappa shape index (κ2) is 5.63. The van der Waals surface area contributed by atoms with Gasteiger partial charge in [-0.1, -0.05) is 11.6 Å². The molecule has 0 fully saturated rings. The van der Waals surface area contributed by atoms with E-state index in [9.17, 15) is 20.2 Å². The van der Waals surface area contributed by atoms with Gasteiger partial charge in [0.05, 0.1) is 20.9 Å². The van der Waals surface area contributed by atoms with Crippen LogP contribution in [0.1, 0.15) is 13.8 Å². The molecule has 1 rings (SSSR count). The number of benzene rings is 1. The minimum Gasteiger partial charge on any atom is -0.365 e. The van der Waals surface area contributed by atoms with E-state index in [1.54, 1.807) is 4.90 Å². The number of rotatable bonds is 5. The van der Waals surface area contributed by atoms with Gasteiger partial charge in [-0.2, -0.15) is 0 Å². The van der Waals surface area contributed by atoms with Crippen molar-refractivity contribution in [3.05, 3.63) is 37.4 Å². The fourth-order valence-corrected chi connectivity index (χ4v) is 2.00. The highest BCUT2D eigenvalue weighted by molar-refractivity contribution is 6.34. The molecule has 98 valence electrons. The Morgan fingerprint density at radius 1 is 1.17 bits per heavy atom. The fourth-order valence-electron chi connectivity index (χ4n) is 1.67. The SMILES string of the molecule is CCN(CC)c1c(Cl)cc([N+](=O)[O-])cc1[N+](=O)[O-]. The van der Waals surface area contributed by atoms with Crippen molar-refractivity contribution >= 4 is 28.7 Å². The van der Waals surface area contributed by atoms with Gasteiger partial charge in [-0.05, 0) is 13.8 Å². The topological polar surface area (TPSA) is 89.5 Å². The van der Waals surface area contributed by atoms with Crippen LogP contribution in [-0.4, -0.2) is 22.9 Å². The normalized spacial score (nSPS) is 10.2. The monoisotopic (exact) mass is 273 g/mol. The van der Waals surface area contributed by atoms with Crippen molar-refractivity contribution in [1.82, 2.24) is 0 Å². The van der Waals surface area contributed by atoms with E-state index in [0.29, 0.717) is 13.1 Å². The number of nitro benzene ring substituents is 2. The number of anilines is 1. The number of nitro groups is 2. The second-order valence-electron chi connectivity index (χ2n) is 3.48. The zero-order chi connectivity index (χ0) is 13.9. The van der Waals surface area contributed by atoms with Gasteiger partial charge in [0.2, 0.25) is 0 Å². The summed E-state index contributed by atoms with van der Waals surface area (Å²) in [6.45, 7) is 4.69. The van der Waals surface area contributed by atoms with Gasteiger partial charge in [-0.25, -0.2) is 0 Å². The lowest BCUT2D eigenvalue weighted by Gasteiger charge is -2.21. The first-order chi connectivity index (χ1) is 8.42. The summed E-state index contributed by atoms with van der Waals surface area (Å²) in [6, 6.07) is 2.06. The van der Waals surface area contributed by atoms with Crippen LogP contribution in [0.2, 0.25) is 5.02 Å². The van der Waals surface area contributed by atoms with Crippen LogP contribution in [-0.2, 0) is 0 Å². The third-order valence-electron chi connectivity index (χ3n) is 2.52. The maximum atomic E-state index is 11.0. The van der Waals surface area contributed by atoms with Crippen LogP contribution in [0, 0.1) is 20.2 Å². The van der Waals surface area contributed by atoms with Crippen molar-refractivity contribution in [2.75, 3.05) is 18.0 Å². The zero-order valence-corrected chi connectivity index (χ0v) is 10.7. The molecule has 8 heteroatoms. The molecule has 18 heavy (non-hydrogen) atoms. The molecule has 0 atom stereocenters. The molecule has 1 aromatic carbocycles. The van der Waals surface area contributed by atoms with E-state index in [-0.39, 0.29) is 22.1 Å². The Morgan fingerprint density at radius 2 is 1.72 bits per heavy atom. The van der Waals surface area contributed by atoms with Gasteiger partial charge in [-0.3, -0.25) is 20.2 Å².